The predicted octanol–water partition coefficient (Wildman–Crippen LogP) is 5.55. The maximum absolute atomic E-state index is 10.1. The van der Waals surface area contributed by atoms with Gasteiger partial charge in [-0.05, 0) is 49.9 Å². The standard InChI is InChI=1S/C28H31N5O/c1-18-11-19(16-34)15-32(18)27-13-23(28-22(9-10-30-28)24(27)14-29)20-7-8-26-25(12-20)31-17-33(26)21-5-3-2-4-6-21/h7-8,10,12-13,17-19,21,34H,2-6,9,11,15-16H2,1H3/t18-,19-/m0/s1. The fourth-order valence-corrected chi connectivity index (χ4v) is 6.32. The third-order valence-electron chi connectivity index (χ3n) is 8.09. The highest BCUT2D eigenvalue weighted by Crippen LogP contribution is 2.45. The lowest BCUT2D eigenvalue weighted by Crippen LogP contribution is -2.28. The summed E-state index contributed by atoms with van der Waals surface area (Å²) in [6.07, 6.45) is 12.0. The third kappa shape index (κ3) is 3.42. The van der Waals surface area contributed by atoms with Crippen molar-refractivity contribution in [1.29, 1.82) is 5.26 Å². The second kappa shape index (κ2) is 8.56. The van der Waals surface area contributed by atoms with Crippen molar-refractivity contribution < 1.29 is 5.11 Å². The number of aliphatic hydroxyl groups is 1. The highest BCUT2D eigenvalue weighted by atomic mass is 16.3. The van der Waals surface area contributed by atoms with Crippen LogP contribution in [0.2, 0.25) is 0 Å². The zero-order chi connectivity index (χ0) is 23.2. The monoisotopic (exact) mass is 453 g/mol. The molecule has 1 N–H and O–H groups in total. The molecule has 1 saturated heterocycles. The summed E-state index contributed by atoms with van der Waals surface area (Å²) in [6, 6.07) is 12.0. The lowest BCUT2D eigenvalue weighted by molar-refractivity contribution is 0.236. The zero-order valence-corrected chi connectivity index (χ0v) is 19.7. The average molecular weight is 454 g/mol. The molecule has 6 rings (SSSR count). The smallest absolute Gasteiger partial charge is 0.102 e. The summed E-state index contributed by atoms with van der Waals surface area (Å²) in [5.74, 6) is 0.245. The van der Waals surface area contributed by atoms with Crippen LogP contribution in [0.1, 0.15) is 62.6 Å². The molecule has 174 valence electrons. The van der Waals surface area contributed by atoms with E-state index in [1.807, 2.05) is 12.5 Å². The molecule has 1 aliphatic carbocycles. The molecule has 1 aromatic heterocycles. The first-order valence-corrected chi connectivity index (χ1v) is 12.6. The van der Waals surface area contributed by atoms with Crippen molar-refractivity contribution in [2.24, 2.45) is 10.9 Å². The Kier molecular flexibility index (Phi) is 5.38. The van der Waals surface area contributed by atoms with Gasteiger partial charge in [0.1, 0.15) is 6.07 Å². The molecular weight excluding hydrogens is 422 g/mol. The Morgan fingerprint density at radius 2 is 2.03 bits per heavy atom. The SMILES string of the molecule is C[C@H]1C[C@H](CO)CN1c1cc(-c2ccc3c(c2)ncn3C2CCCCC2)c2c(c1C#N)CC=N2. The molecule has 0 spiro atoms. The van der Waals surface area contributed by atoms with Gasteiger partial charge in [-0.1, -0.05) is 25.3 Å². The molecule has 2 atom stereocenters. The number of anilines is 1. The second-order valence-corrected chi connectivity index (χ2v) is 10.2. The van der Waals surface area contributed by atoms with Gasteiger partial charge in [0, 0.05) is 54.9 Å². The molecule has 0 unspecified atom stereocenters. The van der Waals surface area contributed by atoms with E-state index in [9.17, 15) is 10.4 Å². The van der Waals surface area contributed by atoms with Gasteiger partial charge in [-0.25, -0.2) is 4.98 Å². The molecule has 34 heavy (non-hydrogen) atoms. The van der Waals surface area contributed by atoms with Crippen LogP contribution in [0.5, 0.6) is 0 Å². The Morgan fingerprint density at radius 3 is 2.79 bits per heavy atom. The largest absolute Gasteiger partial charge is 0.396 e. The van der Waals surface area contributed by atoms with Crippen LogP contribution in [0.15, 0.2) is 35.6 Å². The number of imidazole rings is 1. The lowest BCUT2D eigenvalue weighted by Gasteiger charge is -2.27. The van der Waals surface area contributed by atoms with Gasteiger partial charge in [0.25, 0.3) is 0 Å². The van der Waals surface area contributed by atoms with E-state index in [-0.39, 0.29) is 18.6 Å². The van der Waals surface area contributed by atoms with Crippen LogP contribution >= 0.6 is 0 Å². The number of benzene rings is 2. The minimum atomic E-state index is 0.184. The van der Waals surface area contributed by atoms with Gasteiger partial charge in [0.15, 0.2) is 0 Å². The predicted molar refractivity (Wildman–Crippen MR) is 136 cm³/mol. The van der Waals surface area contributed by atoms with Crippen LogP contribution in [-0.2, 0) is 6.42 Å². The first-order chi connectivity index (χ1) is 16.7. The van der Waals surface area contributed by atoms with Crippen LogP contribution < -0.4 is 4.90 Å². The molecule has 1 saturated carbocycles. The summed E-state index contributed by atoms with van der Waals surface area (Å²) in [7, 11) is 0. The van der Waals surface area contributed by atoms with Gasteiger partial charge in [-0.15, -0.1) is 0 Å². The van der Waals surface area contributed by atoms with E-state index in [4.69, 9.17) is 9.98 Å². The van der Waals surface area contributed by atoms with Crippen LogP contribution in [0, 0.1) is 17.2 Å². The van der Waals surface area contributed by atoms with E-state index in [0.717, 1.165) is 52.1 Å². The van der Waals surface area contributed by atoms with Gasteiger partial charge in [0.2, 0.25) is 0 Å². The van der Waals surface area contributed by atoms with Gasteiger partial charge < -0.3 is 14.6 Å². The molecule has 6 heteroatoms. The molecule has 3 heterocycles. The molecule has 2 aromatic carbocycles. The highest BCUT2D eigenvalue weighted by molar-refractivity contribution is 5.94. The number of aliphatic hydroxyl groups excluding tert-OH is 1. The minimum absolute atomic E-state index is 0.184. The molecule has 2 fully saturated rings. The van der Waals surface area contributed by atoms with E-state index in [1.54, 1.807) is 0 Å². The summed E-state index contributed by atoms with van der Waals surface area (Å²) < 4.78 is 2.37. The van der Waals surface area contributed by atoms with Gasteiger partial charge >= 0.3 is 0 Å². The van der Waals surface area contributed by atoms with Crippen LogP contribution in [-0.4, -0.2) is 40.1 Å². The molecular formula is C28H31N5O. The number of hydrogen-bond donors (Lipinski definition) is 1. The number of nitrogens with zero attached hydrogens (tertiary/aromatic N) is 5. The van der Waals surface area contributed by atoms with Crippen LogP contribution in [0.3, 0.4) is 0 Å². The van der Waals surface area contributed by atoms with E-state index in [2.05, 4.69) is 46.7 Å². The van der Waals surface area contributed by atoms with Crippen molar-refractivity contribution in [2.75, 3.05) is 18.1 Å². The van der Waals surface area contributed by atoms with Crippen molar-refractivity contribution in [3.63, 3.8) is 0 Å². The first-order valence-electron chi connectivity index (χ1n) is 12.6. The topological polar surface area (TPSA) is 77.4 Å². The Balaban J connectivity index is 1.45. The Morgan fingerprint density at radius 1 is 1.18 bits per heavy atom. The Hall–Kier alpha value is -3.17. The molecule has 6 nitrogen and oxygen atoms in total. The summed E-state index contributed by atoms with van der Waals surface area (Å²) in [6.45, 7) is 3.14. The van der Waals surface area contributed by atoms with Crippen molar-refractivity contribution in [3.05, 3.63) is 41.7 Å². The number of nitriles is 1. The first kappa shape index (κ1) is 21.4. The molecule has 2 aliphatic heterocycles. The van der Waals surface area contributed by atoms with Crippen molar-refractivity contribution in [2.45, 2.75) is 64.0 Å². The van der Waals surface area contributed by atoms with Gasteiger partial charge in [-0.2, -0.15) is 5.26 Å². The van der Waals surface area contributed by atoms with E-state index < -0.39 is 0 Å². The van der Waals surface area contributed by atoms with E-state index in [1.165, 1.54) is 37.6 Å². The maximum Gasteiger partial charge on any atom is 0.102 e. The normalized spacial score (nSPS) is 22.4. The quantitative estimate of drug-likeness (QED) is 0.562. The van der Waals surface area contributed by atoms with Crippen molar-refractivity contribution >= 4 is 28.6 Å². The average Bonchev–Trinajstić information content (AvgIpc) is 3.61. The molecule has 0 bridgehead atoms. The summed E-state index contributed by atoms with van der Waals surface area (Å²) in [4.78, 5) is 11.8. The Labute approximate surface area is 200 Å². The van der Waals surface area contributed by atoms with Crippen molar-refractivity contribution in [1.82, 2.24) is 9.55 Å². The molecule has 3 aromatic rings. The third-order valence-corrected chi connectivity index (χ3v) is 8.09. The number of rotatable bonds is 4. The summed E-state index contributed by atoms with van der Waals surface area (Å²) >= 11 is 0. The van der Waals surface area contributed by atoms with Gasteiger partial charge in [0.05, 0.1) is 34.3 Å². The Bertz CT molecular complexity index is 1310. The molecule has 0 radical (unpaired) electrons. The number of aromatic nitrogens is 2. The van der Waals surface area contributed by atoms with Gasteiger partial charge in [-0.3, -0.25) is 4.99 Å². The van der Waals surface area contributed by atoms with Crippen LogP contribution in [0.4, 0.5) is 11.4 Å². The zero-order valence-electron chi connectivity index (χ0n) is 19.7. The fourth-order valence-electron chi connectivity index (χ4n) is 6.32. The van der Waals surface area contributed by atoms with Crippen LogP contribution in [0.25, 0.3) is 22.2 Å². The second-order valence-electron chi connectivity index (χ2n) is 10.2. The summed E-state index contributed by atoms with van der Waals surface area (Å²) in [5, 5.41) is 19.8. The highest BCUT2D eigenvalue weighted by Gasteiger charge is 2.32. The number of fused-ring (bicyclic) bond motifs is 2. The molecule has 3 aliphatic rings. The molecule has 0 amide bonds. The van der Waals surface area contributed by atoms with E-state index >= 15 is 0 Å². The summed E-state index contributed by atoms with van der Waals surface area (Å²) in [5.41, 5.74) is 7.99. The van der Waals surface area contributed by atoms with Crippen molar-refractivity contribution in [3.8, 4) is 17.2 Å². The van der Waals surface area contributed by atoms with E-state index in [0.29, 0.717) is 12.5 Å². The minimum Gasteiger partial charge on any atom is -0.396 e. The number of aliphatic imine (C=N–C) groups is 1. The fraction of sp³-hybridized carbons (Fsp3) is 0.464. The number of hydrogen-bond acceptors (Lipinski definition) is 5. The lowest BCUT2D eigenvalue weighted by atomic mass is 9.93. The maximum atomic E-state index is 10.1.